The SMILES string of the molecule is CNC(C1CCCCCCC1)C1CCCC(C)C1. The molecule has 2 aliphatic rings. The van der Waals surface area contributed by atoms with E-state index >= 15 is 0 Å². The van der Waals surface area contributed by atoms with E-state index in [9.17, 15) is 0 Å². The van der Waals surface area contributed by atoms with Crippen molar-refractivity contribution in [1.82, 2.24) is 5.32 Å². The summed E-state index contributed by atoms with van der Waals surface area (Å²) in [6.07, 6.45) is 16.3. The predicted octanol–water partition coefficient (Wildman–Crippen LogP) is 4.76. The van der Waals surface area contributed by atoms with Gasteiger partial charge < -0.3 is 5.32 Å². The monoisotopic (exact) mass is 251 g/mol. The van der Waals surface area contributed by atoms with E-state index in [1.807, 2.05) is 0 Å². The predicted molar refractivity (Wildman–Crippen MR) is 79.8 cm³/mol. The molecule has 1 N–H and O–H groups in total. The molecule has 106 valence electrons. The van der Waals surface area contributed by atoms with Crippen molar-refractivity contribution in [3.63, 3.8) is 0 Å². The Hall–Kier alpha value is -0.0400. The van der Waals surface area contributed by atoms with Gasteiger partial charge in [-0.2, -0.15) is 0 Å². The topological polar surface area (TPSA) is 12.0 Å². The van der Waals surface area contributed by atoms with Gasteiger partial charge in [-0.15, -0.1) is 0 Å². The average Bonchev–Trinajstić information content (AvgIpc) is 2.32. The molecule has 0 aromatic heterocycles. The number of nitrogens with one attached hydrogen (secondary N) is 1. The molecule has 0 heterocycles. The molecule has 2 aliphatic carbocycles. The van der Waals surface area contributed by atoms with E-state index in [1.165, 1.54) is 70.6 Å². The summed E-state index contributed by atoms with van der Waals surface area (Å²) >= 11 is 0. The van der Waals surface area contributed by atoms with Crippen molar-refractivity contribution >= 4 is 0 Å². The molecule has 1 nitrogen and oxygen atoms in total. The highest BCUT2D eigenvalue weighted by molar-refractivity contribution is 4.86. The highest BCUT2D eigenvalue weighted by Crippen LogP contribution is 2.36. The first-order valence-corrected chi connectivity index (χ1v) is 8.48. The Kier molecular flexibility index (Phi) is 6.01. The van der Waals surface area contributed by atoms with E-state index in [0.29, 0.717) is 0 Å². The average molecular weight is 251 g/mol. The van der Waals surface area contributed by atoms with Crippen molar-refractivity contribution in [2.75, 3.05) is 7.05 Å². The normalized spacial score (nSPS) is 33.7. The lowest BCUT2D eigenvalue weighted by molar-refractivity contribution is 0.164. The molecule has 0 aromatic rings. The van der Waals surface area contributed by atoms with E-state index < -0.39 is 0 Å². The zero-order valence-electron chi connectivity index (χ0n) is 12.6. The number of hydrogen-bond donors (Lipinski definition) is 1. The maximum atomic E-state index is 3.71. The molecule has 0 saturated heterocycles. The van der Waals surface area contributed by atoms with Crippen molar-refractivity contribution in [3.8, 4) is 0 Å². The van der Waals surface area contributed by atoms with Crippen LogP contribution >= 0.6 is 0 Å². The second-order valence-electron chi connectivity index (χ2n) is 6.95. The molecule has 2 rings (SSSR count). The first-order valence-electron chi connectivity index (χ1n) is 8.48. The number of hydrogen-bond acceptors (Lipinski definition) is 1. The van der Waals surface area contributed by atoms with Gasteiger partial charge in [-0.05, 0) is 50.5 Å². The Labute approximate surface area is 114 Å². The minimum absolute atomic E-state index is 0.811. The third kappa shape index (κ3) is 3.98. The summed E-state index contributed by atoms with van der Waals surface area (Å²) in [6.45, 7) is 2.46. The van der Waals surface area contributed by atoms with Crippen LogP contribution in [0.5, 0.6) is 0 Å². The lowest BCUT2D eigenvalue weighted by atomic mass is 9.72. The molecule has 18 heavy (non-hydrogen) atoms. The van der Waals surface area contributed by atoms with Crippen LogP contribution in [0, 0.1) is 17.8 Å². The van der Waals surface area contributed by atoms with Crippen molar-refractivity contribution in [2.45, 2.75) is 83.6 Å². The summed E-state index contributed by atoms with van der Waals surface area (Å²) in [4.78, 5) is 0. The molecule has 2 fully saturated rings. The smallest absolute Gasteiger partial charge is 0.0121 e. The molecule has 0 aromatic carbocycles. The molecular weight excluding hydrogens is 218 g/mol. The van der Waals surface area contributed by atoms with Gasteiger partial charge in [0.05, 0.1) is 0 Å². The lowest BCUT2D eigenvalue weighted by Gasteiger charge is -2.38. The summed E-state index contributed by atoms with van der Waals surface area (Å²) in [5, 5.41) is 3.71. The molecule has 3 unspecified atom stereocenters. The van der Waals surface area contributed by atoms with E-state index in [-0.39, 0.29) is 0 Å². The minimum Gasteiger partial charge on any atom is -0.316 e. The zero-order chi connectivity index (χ0) is 12.8. The van der Waals surface area contributed by atoms with Gasteiger partial charge in [-0.3, -0.25) is 0 Å². The van der Waals surface area contributed by atoms with Crippen molar-refractivity contribution in [2.24, 2.45) is 17.8 Å². The fourth-order valence-electron chi connectivity index (χ4n) is 4.51. The number of rotatable bonds is 3. The van der Waals surface area contributed by atoms with Crippen LogP contribution in [-0.4, -0.2) is 13.1 Å². The molecule has 2 saturated carbocycles. The van der Waals surface area contributed by atoms with E-state index in [0.717, 1.165) is 23.8 Å². The maximum Gasteiger partial charge on any atom is 0.0121 e. The van der Waals surface area contributed by atoms with Crippen LogP contribution in [0.4, 0.5) is 0 Å². The molecule has 1 heteroatoms. The van der Waals surface area contributed by atoms with Crippen molar-refractivity contribution in [3.05, 3.63) is 0 Å². The van der Waals surface area contributed by atoms with Crippen LogP contribution in [0.3, 0.4) is 0 Å². The largest absolute Gasteiger partial charge is 0.316 e. The molecule has 3 atom stereocenters. The minimum atomic E-state index is 0.811. The Bertz CT molecular complexity index is 218. The van der Waals surface area contributed by atoms with Gasteiger partial charge in [0, 0.05) is 6.04 Å². The lowest BCUT2D eigenvalue weighted by Crippen LogP contribution is -2.42. The van der Waals surface area contributed by atoms with Gasteiger partial charge >= 0.3 is 0 Å². The van der Waals surface area contributed by atoms with Crippen LogP contribution in [0.2, 0.25) is 0 Å². The first kappa shape index (κ1) is 14.4. The zero-order valence-corrected chi connectivity index (χ0v) is 12.6. The van der Waals surface area contributed by atoms with Gasteiger partial charge in [0.15, 0.2) is 0 Å². The third-order valence-corrected chi connectivity index (χ3v) is 5.48. The van der Waals surface area contributed by atoms with E-state index in [2.05, 4.69) is 19.3 Å². The Morgan fingerprint density at radius 3 is 2.00 bits per heavy atom. The van der Waals surface area contributed by atoms with Crippen LogP contribution in [-0.2, 0) is 0 Å². The van der Waals surface area contributed by atoms with Gasteiger partial charge in [-0.1, -0.05) is 51.9 Å². The Morgan fingerprint density at radius 1 is 0.778 bits per heavy atom. The fraction of sp³-hybridized carbons (Fsp3) is 1.00. The Balaban J connectivity index is 1.92. The summed E-state index contributed by atoms with van der Waals surface area (Å²) in [5.74, 6) is 2.89. The first-order chi connectivity index (χ1) is 8.81. The van der Waals surface area contributed by atoms with E-state index in [4.69, 9.17) is 0 Å². The quantitative estimate of drug-likeness (QED) is 0.762. The maximum absolute atomic E-state index is 3.71. The summed E-state index contributed by atoms with van der Waals surface area (Å²) in [6, 6.07) is 0.811. The molecule has 0 aliphatic heterocycles. The van der Waals surface area contributed by atoms with Gasteiger partial charge in [0.1, 0.15) is 0 Å². The highest BCUT2D eigenvalue weighted by Gasteiger charge is 2.31. The van der Waals surface area contributed by atoms with Gasteiger partial charge in [-0.25, -0.2) is 0 Å². The van der Waals surface area contributed by atoms with E-state index in [1.54, 1.807) is 0 Å². The van der Waals surface area contributed by atoms with Gasteiger partial charge in [0.25, 0.3) is 0 Å². The summed E-state index contributed by atoms with van der Waals surface area (Å²) in [7, 11) is 2.21. The second-order valence-corrected chi connectivity index (χ2v) is 6.95. The highest BCUT2D eigenvalue weighted by atomic mass is 14.9. The van der Waals surface area contributed by atoms with Crippen molar-refractivity contribution < 1.29 is 0 Å². The van der Waals surface area contributed by atoms with Gasteiger partial charge in [0.2, 0.25) is 0 Å². The molecule has 0 radical (unpaired) electrons. The van der Waals surface area contributed by atoms with Crippen LogP contribution in [0.25, 0.3) is 0 Å². The fourth-order valence-corrected chi connectivity index (χ4v) is 4.51. The molecule has 0 amide bonds. The molecular formula is C17H33N. The molecule has 0 bridgehead atoms. The summed E-state index contributed by atoms with van der Waals surface area (Å²) in [5.41, 5.74) is 0. The second kappa shape index (κ2) is 7.53. The third-order valence-electron chi connectivity index (χ3n) is 5.48. The van der Waals surface area contributed by atoms with Crippen LogP contribution in [0.1, 0.15) is 77.6 Å². The molecule has 0 spiro atoms. The van der Waals surface area contributed by atoms with Crippen LogP contribution in [0.15, 0.2) is 0 Å². The standard InChI is InChI=1S/C17H33N/c1-14-9-8-12-16(13-14)17(18-2)15-10-6-4-3-5-7-11-15/h14-18H,3-13H2,1-2H3. The Morgan fingerprint density at radius 2 is 1.39 bits per heavy atom. The van der Waals surface area contributed by atoms with Crippen molar-refractivity contribution in [1.29, 1.82) is 0 Å². The summed E-state index contributed by atoms with van der Waals surface area (Å²) < 4.78 is 0. The van der Waals surface area contributed by atoms with Crippen LogP contribution < -0.4 is 5.32 Å².